The highest BCUT2D eigenvalue weighted by Crippen LogP contribution is 2.30. The van der Waals surface area contributed by atoms with Gasteiger partial charge in [-0.1, -0.05) is 0 Å². The Morgan fingerprint density at radius 1 is 1.00 bits per heavy atom. The number of hydrazine groups is 1. The van der Waals surface area contributed by atoms with Gasteiger partial charge in [-0.2, -0.15) is 4.31 Å². The van der Waals surface area contributed by atoms with Gasteiger partial charge < -0.3 is 35.5 Å². The van der Waals surface area contributed by atoms with Crippen molar-refractivity contribution < 1.29 is 31.5 Å². The number of ether oxygens (including phenoxy) is 1. The van der Waals surface area contributed by atoms with Gasteiger partial charge in [0.1, 0.15) is 23.4 Å². The molecule has 4 aliphatic heterocycles. The van der Waals surface area contributed by atoms with Gasteiger partial charge in [-0.05, 0) is 71.0 Å². The lowest BCUT2D eigenvalue weighted by molar-refractivity contribution is 0.0235. The van der Waals surface area contributed by atoms with Crippen molar-refractivity contribution in [3.8, 4) is 0 Å². The number of nitrogens with zero attached hydrogens (tertiary/aromatic N) is 4. The van der Waals surface area contributed by atoms with E-state index in [9.17, 15) is 26.8 Å². The highest BCUT2D eigenvalue weighted by atomic mass is 32.2. The number of sulfonamides is 1. The topological polar surface area (TPSA) is 139 Å². The molecule has 2 unspecified atom stereocenters. The second kappa shape index (κ2) is 14.3. The highest BCUT2D eigenvalue weighted by molar-refractivity contribution is 7.89. The monoisotopic (exact) mass is 716 g/mol. The predicted octanol–water partition coefficient (Wildman–Crippen LogP) is 3.04. The quantitative estimate of drug-likeness (QED) is 0.323. The van der Waals surface area contributed by atoms with Gasteiger partial charge in [-0.3, -0.25) is 4.79 Å². The Balaban J connectivity index is 1.20. The summed E-state index contributed by atoms with van der Waals surface area (Å²) in [4.78, 5) is 32.7. The van der Waals surface area contributed by atoms with E-state index in [1.807, 2.05) is 32.9 Å². The molecule has 4 aliphatic rings. The van der Waals surface area contributed by atoms with E-state index in [1.165, 1.54) is 0 Å². The van der Waals surface area contributed by atoms with Gasteiger partial charge in [0.2, 0.25) is 10.0 Å². The maximum atomic E-state index is 14.0. The van der Waals surface area contributed by atoms with E-state index in [0.29, 0.717) is 42.4 Å². The van der Waals surface area contributed by atoms with Gasteiger partial charge in [0, 0.05) is 87.5 Å². The number of hydrogen-bond acceptors (Lipinski definition) is 10. The van der Waals surface area contributed by atoms with Crippen molar-refractivity contribution in [1.82, 2.24) is 30.3 Å². The molecule has 50 heavy (non-hydrogen) atoms. The van der Waals surface area contributed by atoms with E-state index in [0.717, 1.165) is 66.8 Å². The van der Waals surface area contributed by atoms with E-state index < -0.39 is 44.2 Å². The number of likely N-dealkylation sites (N-methyl/N-ethyl adjacent to an activating group) is 1. The zero-order valence-corrected chi connectivity index (χ0v) is 29.7. The second-order valence-electron chi connectivity index (χ2n) is 14.2. The molecule has 2 atom stereocenters. The molecule has 0 radical (unpaired) electrons. The number of halogens is 2. The molecule has 2 fully saturated rings. The molecule has 0 spiro atoms. The second-order valence-corrected chi connectivity index (χ2v) is 16.2. The third-order valence-electron chi connectivity index (χ3n) is 9.46. The first-order chi connectivity index (χ1) is 23.7. The summed E-state index contributed by atoms with van der Waals surface area (Å²) in [7, 11) is -2.13. The molecule has 0 bridgehead atoms. The molecular weight excluding hydrogens is 670 g/mol. The summed E-state index contributed by atoms with van der Waals surface area (Å²) < 4.78 is 61.4. The molecule has 13 nitrogen and oxygen atoms in total. The summed E-state index contributed by atoms with van der Waals surface area (Å²) >= 11 is 0. The molecule has 2 amide bonds. The number of nitrogens with one attached hydrogen (secondary N) is 4. The van der Waals surface area contributed by atoms with Gasteiger partial charge in [0.25, 0.3) is 5.91 Å². The van der Waals surface area contributed by atoms with Crippen molar-refractivity contribution in [2.45, 2.75) is 62.7 Å². The Morgan fingerprint density at radius 2 is 1.72 bits per heavy atom. The van der Waals surface area contributed by atoms with Crippen molar-refractivity contribution in [2.75, 3.05) is 69.6 Å². The fourth-order valence-corrected chi connectivity index (χ4v) is 8.22. The number of benzene rings is 2. The van der Waals surface area contributed by atoms with Crippen molar-refractivity contribution in [1.29, 1.82) is 0 Å². The van der Waals surface area contributed by atoms with Crippen molar-refractivity contribution >= 4 is 33.4 Å². The van der Waals surface area contributed by atoms with E-state index >= 15 is 0 Å². The predicted molar refractivity (Wildman–Crippen MR) is 185 cm³/mol. The van der Waals surface area contributed by atoms with Crippen LogP contribution in [0.15, 0.2) is 52.6 Å². The molecular formula is C34H46F2N8O5S. The fourth-order valence-electron chi connectivity index (χ4n) is 6.75. The first-order valence-electron chi connectivity index (χ1n) is 17.0. The highest BCUT2D eigenvalue weighted by Gasteiger charge is 2.37. The summed E-state index contributed by atoms with van der Waals surface area (Å²) in [6.07, 6.45) is 0.845. The van der Waals surface area contributed by atoms with Crippen molar-refractivity contribution in [2.24, 2.45) is 0 Å². The lowest BCUT2D eigenvalue weighted by Crippen LogP contribution is -2.48. The lowest BCUT2D eigenvalue weighted by atomic mass is 10.1. The molecule has 2 saturated heterocycles. The van der Waals surface area contributed by atoms with Gasteiger partial charge in [-0.15, -0.1) is 0 Å². The van der Waals surface area contributed by atoms with Crippen LogP contribution in [0.5, 0.6) is 0 Å². The van der Waals surface area contributed by atoms with Crippen LogP contribution in [-0.2, 0) is 14.8 Å². The van der Waals surface area contributed by atoms with Crippen LogP contribution in [0.3, 0.4) is 0 Å². The first kappa shape index (κ1) is 35.8. The minimum Gasteiger partial charge on any atom is -0.444 e. The third kappa shape index (κ3) is 7.98. The fraction of sp³-hybridized carbons (Fsp3) is 0.529. The molecule has 2 aromatic rings. The third-order valence-corrected chi connectivity index (χ3v) is 11.3. The van der Waals surface area contributed by atoms with Crippen LogP contribution in [0.2, 0.25) is 0 Å². The zero-order valence-electron chi connectivity index (χ0n) is 28.9. The van der Waals surface area contributed by atoms with Gasteiger partial charge in [-0.25, -0.2) is 27.4 Å². The Morgan fingerprint density at radius 3 is 2.42 bits per heavy atom. The smallest absolute Gasteiger partial charge is 0.410 e. The minimum absolute atomic E-state index is 0.0869. The zero-order chi connectivity index (χ0) is 35.8. The van der Waals surface area contributed by atoms with Crippen LogP contribution in [0.1, 0.15) is 50.4 Å². The van der Waals surface area contributed by atoms with Crippen LogP contribution >= 0.6 is 0 Å². The minimum atomic E-state index is -4.22. The normalized spacial score (nSPS) is 22.0. The summed E-state index contributed by atoms with van der Waals surface area (Å²) in [5, 5.41) is 6.46. The molecule has 4 heterocycles. The van der Waals surface area contributed by atoms with E-state index in [4.69, 9.17) is 4.74 Å². The standard InChI is InChI=1S/C34H46F2N8O5S/c1-34(2,3)49-33(46)44-10-5-6-25(44)20-37-30-19-24(42-14-12-41(4)13-15-42)7-8-27(30)32(45)38-31-28-21-43(11-9-29(28)39-40-31)50(47,48)26-17-22(35)16-23(36)18-26/h7-8,16-19,25,31,37,39-40H,5-6,9-15,20-21H2,1-4H3,(H,38,45). The molecule has 272 valence electrons. The van der Waals surface area contributed by atoms with Crippen LogP contribution in [0, 0.1) is 11.6 Å². The number of amides is 2. The lowest BCUT2D eigenvalue weighted by Gasteiger charge is -2.34. The molecule has 6 rings (SSSR count). The van der Waals surface area contributed by atoms with E-state index in [1.54, 1.807) is 11.0 Å². The van der Waals surface area contributed by atoms with Crippen molar-refractivity contribution in [3.05, 3.63) is 64.9 Å². The van der Waals surface area contributed by atoms with Crippen LogP contribution < -0.4 is 26.4 Å². The summed E-state index contributed by atoms with van der Waals surface area (Å²) in [6, 6.07) is 7.76. The number of rotatable bonds is 8. The molecule has 0 saturated carbocycles. The molecule has 2 aromatic carbocycles. The Kier molecular flexibility index (Phi) is 10.3. The number of carbonyl (C=O) groups excluding carboxylic acids is 2. The van der Waals surface area contributed by atoms with Gasteiger partial charge >= 0.3 is 6.09 Å². The SMILES string of the molecule is CN1CCN(c2ccc(C(=O)NC3NNC4=C3CN(S(=O)(=O)c3cc(F)cc(F)c3)CC4)c(NCC3CCCN3C(=O)OC(C)(C)C)c2)CC1. The average Bonchev–Trinajstić information content (AvgIpc) is 3.70. The van der Waals surface area contributed by atoms with E-state index in [2.05, 4.69) is 38.3 Å². The molecule has 16 heteroatoms. The van der Waals surface area contributed by atoms with Crippen LogP contribution in [0.4, 0.5) is 25.0 Å². The number of carbonyl (C=O) groups is 2. The number of piperazine rings is 1. The Bertz CT molecular complexity index is 1740. The summed E-state index contributed by atoms with van der Waals surface area (Å²) in [6.45, 7) is 10.0. The van der Waals surface area contributed by atoms with Crippen LogP contribution in [-0.4, -0.2) is 112 Å². The molecule has 0 aromatic heterocycles. The molecule has 4 N–H and O–H groups in total. The first-order valence-corrected chi connectivity index (χ1v) is 18.4. The maximum Gasteiger partial charge on any atom is 0.410 e. The van der Waals surface area contributed by atoms with Crippen molar-refractivity contribution in [3.63, 3.8) is 0 Å². The summed E-state index contributed by atoms with van der Waals surface area (Å²) in [5.74, 6) is -2.36. The number of anilines is 2. The maximum absolute atomic E-state index is 14.0. The number of likely N-dealkylation sites (tertiary alicyclic amines) is 1. The number of hydrogen-bond donors (Lipinski definition) is 4. The van der Waals surface area contributed by atoms with Gasteiger partial charge in [0.05, 0.1) is 16.5 Å². The summed E-state index contributed by atoms with van der Waals surface area (Å²) in [5.41, 5.74) is 8.80. The Labute approximate surface area is 292 Å². The van der Waals surface area contributed by atoms with Gasteiger partial charge in [0.15, 0.2) is 0 Å². The largest absolute Gasteiger partial charge is 0.444 e. The van der Waals surface area contributed by atoms with E-state index in [-0.39, 0.29) is 25.2 Å². The average molecular weight is 717 g/mol. The molecule has 0 aliphatic carbocycles. The Hall–Kier alpha value is -3.99. The van der Waals surface area contributed by atoms with Crippen LogP contribution in [0.25, 0.3) is 0 Å².